The molecule has 3 heterocycles. The number of hydrogen-bond acceptors (Lipinski definition) is 8. The van der Waals surface area contributed by atoms with Gasteiger partial charge in [0.2, 0.25) is 11.8 Å². The highest BCUT2D eigenvalue weighted by Crippen LogP contribution is 2.36. The molecule has 1 saturated carbocycles. The van der Waals surface area contributed by atoms with E-state index in [1.54, 1.807) is 23.9 Å². The van der Waals surface area contributed by atoms with Gasteiger partial charge in [0, 0.05) is 24.4 Å². The minimum Gasteiger partial charge on any atom is -0.473 e. The fourth-order valence-electron chi connectivity index (χ4n) is 4.35. The Morgan fingerprint density at radius 1 is 1.21 bits per heavy atom. The lowest BCUT2D eigenvalue weighted by Crippen LogP contribution is -2.24. The van der Waals surface area contributed by atoms with Crippen LogP contribution in [0.15, 0.2) is 29.0 Å². The Morgan fingerprint density at radius 3 is 2.68 bits per heavy atom. The van der Waals surface area contributed by atoms with E-state index in [2.05, 4.69) is 25.2 Å². The molecule has 0 amide bonds. The van der Waals surface area contributed by atoms with Gasteiger partial charge in [0.05, 0.1) is 11.6 Å². The monoisotopic (exact) mass is 461 g/mol. The van der Waals surface area contributed by atoms with Crippen LogP contribution in [0.3, 0.4) is 0 Å². The van der Waals surface area contributed by atoms with Crippen LogP contribution in [-0.4, -0.2) is 36.0 Å². The largest absolute Gasteiger partial charge is 0.473 e. The number of rotatable bonds is 5. The number of hydrogen-bond donors (Lipinski definition) is 0. The third kappa shape index (κ3) is 3.98. The maximum atomic E-state index is 14.7. The summed E-state index contributed by atoms with van der Waals surface area (Å²) in [6.45, 7) is 4.09. The van der Waals surface area contributed by atoms with Crippen LogP contribution >= 0.6 is 0 Å². The third-order valence-electron chi connectivity index (χ3n) is 6.22. The molecule has 1 aliphatic carbocycles. The van der Waals surface area contributed by atoms with Crippen molar-refractivity contribution >= 4 is 11.0 Å². The molecule has 0 saturated heterocycles. The molecule has 1 aromatic carbocycles. The van der Waals surface area contributed by atoms with E-state index in [0.717, 1.165) is 31.5 Å². The van der Waals surface area contributed by atoms with E-state index in [1.807, 2.05) is 19.9 Å². The summed E-state index contributed by atoms with van der Waals surface area (Å²) in [5.41, 5.74) is 2.00. The Morgan fingerprint density at radius 2 is 2.00 bits per heavy atom. The molecular weight excluding hydrogens is 437 g/mol. The van der Waals surface area contributed by atoms with E-state index in [1.165, 1.54) is 12.4 Å². The molecule has 5 rings (SSSR count). The molecule has 0 spiro atoms. The van der Waals surface area contributed by atoms with Gasteiger partial charge in [0.15, 0.2) is 5.82 Å². The molecule has 10 heteroatoms. The highest BCUT2D eigenvalue weighted by Gasteiger charge is 2.29. The molecule has 0 unspecified atom stereocenters. The van der Waals surface area contributed by atoms with Gasteiger partial charge in [-0.25, -0.2) is 9.37 Å². The Kier molecular flexibility index (Phi) is 5.69. The van der Waals surface area contributed by atoms with Crippen molar-refractivity contribution < 1.29 is 13.7 Å². The van der Waals surface area contributed by atoms with Gasteiger partial charge < -0.3 is 9.26 Å². The summed E-state index contributed by atoms with van der Waals surface area (Å²) in [4.78, 5) is 13.2. The van der Waals surface area contributed by atoms with Gasteiger partial charge in [0.1, 0.15) is 35.0 Å². The SMILES string of the molecule is CC(C)c1noc(C2CCC(Oc3ncnc4c(-c5ccc(C#N)cc5F)nn(C)c34)CC2)n1. The van der Waals surface area contributed by atoms with Gasteiger partial charge in [-0.1, -0.05) is 19.0 Å². The molecule has 3 aromatic heterocycles. The van der Waals surface area contributed by atoms with Gasteiger partial charge in [-0.3, -0.25) is 4.68 Å². The summed E-state index contributed by atoms with van der Waals surface area (Å²) in [5.74, 6) is 1.80. The molecule has 9 nitrogen and oxygen atoms in total. The number of ether oxygens (including phenoxy) is 1. The molecule has 0 bridgehead atoms. The first-order chi connectivity index (χ1) is 16.4. The Labute approximate surface area is 195 Å². The number of nitriles is 1. The molecule has 0 atom stereocenters. The number of fused-ring (bicyclic) bond motifs is 1. The van der Waals surface area contributed by atoms with Crippen LogP contribution in [0.1, 0.15) is 68.6 Å². The summed E-state index contributed by atoms with van der Waals surface area (Å²) < 4.78 is 28.0. The molecule has 0 N–H and O–H groups in total. The van der Waals surface area contributed by atoms with E-state index in [0.29, 0.717) is 28.5 Å². The van der Waals surface area contributed by atoms with E-state index < -0.39 is 5.82 Å². The first-order valence-electron chi connectivity index (χ1n) is 11.3. The minimum atomic E-state index is -0.528. The lowest BCUT2D eigenvalue weighted by Gasteiger charge is -2.26. The van der Waals surface area contributed by atoms with Crippen LogP contribution in [0.5, 0.6) is 5.88 Å². The van der Waals surface area contributed by atoms with E-state index in [4.69, 9.17) is 14.5 Å². The summed E-state index contributed by atoms with van der Waals surface area (Å²) >= 11 is 0. The van der Waals surface area contributed by atoms with Crippen LogP contribution in [0.25, 0.3) is 22.3 Å². The number of aromatic nitrogens is 6. The lowest BCUT2D eigenvalue weighted by atomic mass is 9.87. The molecule has 174 valence electrons. The van der Waals surface area contributed by atoms with Crippen LogP contribution in [0, 0.1) is 17.1 Å². The highest BCUT2D eigenvalue weighted by molar-refractivity contribution is 5.92. The number of benzene rings is 1. The van der Waals surface area contributed by atoms with Crippen LogP contribution in [0.4, 0.5) is 4.39 Å². The van der Waals surface area contributed by atoms with Gasteiger partial charge >= 0.3 is 0 Å². The summed E-state index contributed by atoms with van der Waals surface area (Å²) in [5, 5.41) is 17.6. The quantitative estimate of drug-likeness (QED) is 0.422. The van der Waals surface area contributed by atoms with Crippen molar-refractivity contribution in [1.29, 1.82) is 5.26 Å². The van der Waals surface area contributed by atoms with Crippen molar-refractivity contribution in [1.82, 2.24) is 29.9 Å². The fraction of sp³-hybridized carbons (Fsp3) is 0.417. The second-order valence-corrected chi connectivity index (χ2v) is 8.89. The fourth-order valence-corrected chi connectivity index (χ4v) is 4.35. The number of halogens is 1. The maximum absolute atomic E-state index is 14.7. The molecule has 1 fully saturated rings. The number of aryl methyl sites for hydroxylation is 1. The molecular formula is C24H24FN7O2. The van der Waals surface area contributed by atoms with Gasteiger partial charge in [-0.15, -0.1) is 0 Å². The molecule has 0 radical (unpaired) electrons. The smallest absolute Gasteiger partial charge is 0.243 e. The second-order valence-electron chi connectivity index (χ2n) is 8.89. The van der Waals surface area contributed by atoms with E-state index >= 15 is 0 Å². The second kappa shape index (κ2) is 8.82. The van der Waals surface area contributed by atoms with Gasteiger partial charge in [0.25, 0.3) is 0 Å². The zero-order chi connectivity index (χ0) is 23.8. The zero-order valence-corrected chi connectivity index (χ0v) is 19.2. The van der Waals surface area contributed by atoms with Crippen molar-refractivity contribution in [2.24, 2.45) is 7.05 Å². The van der Waals surface area contributed by atoms with Crippen molar-refractivity contribution in [3.63, 3.8) is 0 Å². The Balaban J connectivity index is 1.36. The zero-order valence-electron chi connectivity index (χ0n) is 19.2. The van der Waals surface area contributed by atoms with E-state index in [-0.39, 0.29) is 29.1 Å². The standard InChI is InChI=1S/C24H24FN7O2/c1-13(2)22-29-23(34-31-22)15-5-7-16(8-6-15)33-24-21-20(27-12-28-24)19(30-32(21)3)17-9-4-14(11-26)10-18(17)25/h4,9-10,12-13,15-16H,5-8H2,1-3H3. The highest BCUT2D eigenvalue weighted by atomic mass is 19.1. The summed E-state index contributed by atoms with van der Waals surface area (Å²) in [6.07, 6.45) is 4.79. The average Bonchev–Trinajstić information content (AvgIpc) is 3.46. The van der Waals surface area contributed by atoms with Gasteiger partial charge in [-0.2, -0.15) is 20.3 Å². The maximum Gasteiger partial charge on any atom is 0.243 e. The Bertz CT molecular complexity index is 1380. The Hall–Kier alpha value is -3.87. The molecule has 1 aliphatic rings. The van der Waals surface area contributed by atoms with Crippen LogP contribution in [-0.2, 0) is 7.05 Å². The first-order valence-corrected chi connectivity index (χ1v) is 11.3. The summed E-state index contributed by atoms with van der Waals surface area (Å²) in [7, 11) is 1.75. The van der Waals surface area contributed by atoms with Gasteiger partial charge in [-0.05, 0) is 43.9 Å². The van der Waals surface area contributed by atoms with Crippen molar-refractivity contribution in [3.8, 4) is 23.2 Å². The predicted molar refractivity (Wildman–Crippen MR) is 120 cm³/mol. The summed E-state index contributed by atoms with van der Waals surface area (Å²) in [6, 6.07) is 6.24. The molecule has 34 heavy (non-hydrogen) atoms. The number of nitrogens with zero attached hydrogens (tertiary/aromatic N) is 7. The molecule has 4 aromatic rings. The van der Waals surface area contributed by atoms with Crippen molar-refractivity contribution in [2.75, 3.05) is 0 Å². The lowest BCUT2D eigenvalue weighted by molar-refractivity contribution is 0.135. The minimum absolute atomic E-state index is 0.0214. The predicted octanol–water partition coefficient (Wildman–Crippen LogP) is 4.65. The van der Waals surface area contributed by atoms with Crippen LogP contribution < -0.4 is 4.74 Å². The molecule has 0 aliphatic heterocycles. The van der Waals surface area contributed by atoms with Crippen LogP contribution in [0.2, 0.25) is 0 Å². The van der Waals surface area contributed by atoms with Crippen molar-refractivity contribution in [2.45, 2.75) is 57.5 Å². The van der Waals surface area contributed by atoms with Crippen molar-refractivity contribution in [3.05, 3.63) is 47.6 Å². The third-order valence-corrected chi connectivity index (χ3v) is 6.22. The normalized spacial score (nSPS) is 18.4. The van der Waals surface area contributed by atoms with E-state index in [9.17, 15) is 4.39 Å². The average molecular weight is 462 g/mol. The first kappa shape index (κ1) is 21.9. The topological polar surface area (TPSA) is 116 Å².